The Labute approximate surface area is 82.0 Å². The molecule has 0 bridgehead atoms. The SMILES string of the molecule is NC(=O)O.OCC#Cc1ccccc1. The number of carbonyl (C=O) groups is 1. The van der Waals surface area contributed by atoms with E-state index in [9.17, 15) is 0 Å². The van der Waals surface area contributed by atoms with E-state index in [1.165, 1.54) is 0 Å². The molecule has 1 rings (SSSR count). The molecule has 0 unspecified atom stereocenters. The van der Waals surface area contributed by atoms with Crippen molar-refractivity contribution in [2.75, 3.05) is 6.61 Å². The van der Waals surface area contributed by atoms with E-state index >= 15 is 0 Å². The molecular formula is C10H11NO3. The van der Waals surface area contributed by atoms with Gasteiger partial charge in [0.05, 0.1) is 0 Å². The van der Waals surface area contributed by atoms with Crippen molar-refractivity contribution >= 4 is 6.09 Å². The maximum Gasteiger partial charge on any atom is 0.402 e. The van der Waals surface area contributed by atoms with Gasteiger partial charge >= 0.3 is 6.09 Å². The van der Waals surface area contributed by atoms with Crippen LogP contribution < -0.4 is 5.73 Å². The smallest absolute Gasteiger partial charge is 0.402 e. The quantitative estimate of drug-likeness (QED) is 0.529. The van der Waals surface area contributed by atoms with Gasteiger partial charge in [0.1, 0.15) is 6.61 Å². The van der Waals surface area contributed by atoms with Gasteiger partial charge in [0.15, 0.2) is 0 Å². The van der Waals surface area contributed by atoms with Crippen LogP contribution in [0, 0.1) is 11.8 Å². The minimum absolute atomic E-state index is 0.0745. The molecule has 0 aliphatic carbocycles. The lowest BCUT2D eigenvalue weighted by atomic mass is 10.2. The Hall–Kier alpha value is -1.99. The Kier molecular flexibility index (Phi) is 6.56. The monoisotopic (exact) mass is 193 g/mol. The summed E-state index contributed by atoms with van der Waals surface area (Å²) in [5, 5.41) is 15.5. The fourth-order valence-corrected chi connectivity index (χ4v) is 0.663. The fraction of sp³-hybridized carbons (Fsp3) is 0.100. The standard InChI is InChI=1S/C9H8O.CH3NO2/c10-8-4-7-9-5-2-1-3-6-9;2-1(3)4/h1-3,5-6,10H,8H2;2H2,(H,3,4). The molecule has 0 aliphatic heterocycles. The van der Waals surface area contributed by atoms with Crippen LogP contribution in [0.5, 0.6) is 0 Å². The highest BCUT2D eigenvalue weighted by Gasteiger charge is 1.78. The number of carboxylic acid groups (broad SMARTS) is 1. The van der Waals surface area contributed by atoms with Crippen LogP contribution in [0.4, 0.5) is 4.79 Å². The van der Waals surface area contributed by atoms with Crippen LogP contribution in [0.3, 0.4) is 0 Å². The molecule has 0 aromatic heterocycles. The Morgan fingerprint density at radius 3 is 2.29 bits per heavy atom. The van der Waals surface area contributed by atoms with Crippen molar-refractivity contribution in [3.8, 4) is 11.8 Å². The number of primary amides is 1. The van der Waals surface area contributed by atoms with Crippen molar-refractivity contribution in [3.63, 3.8) is 0 Å². The van der Waals surface area contributed by atoms with E-state index in [-0.39, 0.29) is 6.61 Å². The molecule has 0 spiro atoms. The Morgan fingerprint density at radius 2 is 1.86 bits per heavy atom. The maximum absolute atomic E-state index is 8.78. The molecule has 4 nitrogen and oxygen atoms in total. The van der Waals surface area contributed by atoms with Crippen molar-refractivity contribution in [1.82, 2.24) is 0 Å². The molecule has 1 aromatic carbocycles. The largest absolute Gasteiger partial charge is 0.465 e. The van der Waals surface area contributed by atoms with Crippen LogP contribution in [0.15, 0.2) is 30.3 Å². The number of hydrogen-bond donors (Lipinski definition) is 3. The average Bonchev–Trinajstić information content (AvgIpc) is 2.15. The van der Waals surface area contributed by atoms with E-state index in [4.69, 9.17) is 15.0 Å². The van der Waals surface area contributed by atoms with E-state index in [2.05, 4.69) is 17.6 Å². The third kappa shape index (κ3) is 8.11. The number of benzene rings is 1. The van der Waals surface area contributed by atoms with Crippen LogP contribution >= 0.6 is 0 Å². The van der Waals surface area contributed by atoms with Crippen LogP contribution in [0.25, 0.3) is 0 Å². The Balaban J connectivity index is 0.000000364. The second kappa shape index (κ2) is 7.65. The van der Waals surface area contributed by atoms with Crippen LogP contribution in [-0.2, 0) is 0 Å². The minimum atomic E-state index is -1.33. The molecule has 1 aromatic rings. The number of hydrogen-bond acceptors (Lipinski definition) is 2. The minimum Gasteiger partial charge on any atom is -0.465 e. The molecule has 74 valence electrons. The van der Waals surface area contributed by atoms with Crippen LogP contribution in [0.1, 0.15) is 5.56 Å². The molecule has 14 heavy (non-hydrogen) atoms. The number of aliphatic hydroxyl groups excluding tert-OH is 1. The summed E-state index contributed by atoms with van der Waals surface area (Å²) < 4.78 is 0. The van der Waals surface area contributed by atoms with E-state index in [0.29, 0.717) is 0 Å². The fourth-order valence-electron chi connectivity index (χ4n) is 0.663. The first kappa shape index (κ1) is 12.0. The van der Waals surface area contributed by atoms with Crippen molar-refractivity contribution < 1.29 is 15.0 Å². The lowest BCUT2D eigenvalue weighted by molar-refractivity contribution is 0.205. The van der Waals surface area contributed by atoms with E-state index in [0.717, 1.165) is 5.56 Å². The molecule has 0 radical (unpaired) electrons. The molecule has 0 aliphatic rings. The summed E-state index contributed by atoms with van der Waals surface area (Å²) in [6.07, 6.45) is -1.33. The maximum atomic E-state index is 8.78. The third-order valence-electron chi connectivity index (χ3n) is 1.09. The van der Waals surface area contributed by atoms with Gasteiger partial charge in [0.25, 0.3) is 0 Å². The lowest BCUT2D eigenvalue weighted by Gasteiger charge is -1.84. The summed E-state index contributed by atoms with van der Waals surface area (Å²) in [4.78, 5) is 8.78. The van der Waals surface area contributed by atoms with E-state index in [1.807, 2.05) is 30.3 Å². The molecular weight excluding hydrogens is 182 g/mol. The van der Waals surface area contributed by atoms with Gasteiger partial charge in [-0.25, -0.2) is 4.79 Å². The predicted molar refractivity (Wildman–Crippen MR) is 52.6 cm³/mol. The van der Waals surface area contributed by atoms with Crippen molar-refractivity contribution in [2.45, 2.75) is 0 Å². The summed E-state index contributed by atoms with van der Waals surface area (Å²) in [6, 6.07) is 9.58. The first-order chi connectivity index (χ1) is 6.66. The Bertz CT molecular complexity index is 320. The molecule has 0 fully saturated rings. The van der Waals surface area contributed by atoms with Crippen LogP contribution in [-0.4, -0.2) is 22.9 Å². The summed E-state index contributed by atoms with van der Waals surface area (Å²) >= 11 is 0. The van der Waals surface area contributed by atoms with Gasteiger partial charge in [-0.3, -0.25) is 0 Å². The first-order valence-electron chi connectivity index (χ1n) is 3.80. The molecule has 0 atom stereocenters. The van der Waals surface area contributed by atoms with E-state index < -0.39 is 6.09 Å². The number of aliphatic hydroxyl groups is 1. The molecule has 0 heterocycles. The summed E-state index contributed by atoms with van der Waals surface area (Å²) in [7, 11) is 0. The second-order valence-corrected chi connectivity index (χ2v) is 2.16. The third-order valence-corrected chi connectivity index (χ3v) is 1.09. The summed E-state index contributed by atoms with van der Waals surface area (Å²) in [5.74, 6) is 5.36. The van der Waals surface area contributed by atoms with Crippen molar-refractivity contribution in [1.29, 1.82) is 0 Å². The highest BCUT2D eigenvalue weighted by Crippen LogP contribution is 1.93. The second-order valence-electron chi connectivity index (χ2n) is 2.16. The van der Waals surface area contributed by atoms with Gasteiger partial charge in [0, 0.05) is 5.56 Å². The summed E-state index contributed by atoms with van der Waals surface area (Å²) in [5.41, 5.74) is 4.97. The van der Waals surface area contributed by atoms with Gasteiger partial charge in [-0.05, 0) is 12.1 Å². The highest BCUT2D eigenvalue weighted by molar-refractivity contribution is 5.61. The Morgan fingerprint density at radius 1 is 1.36 bits per heavy atom. The highest BCUT2D eigenvalue weighted by atomic mass is 16.4. The molecule has 1 amide bonds. The van der Waals surface area contributed by atoms with Crippen molar-refractivity contribution in [2.24, 2.45) is 5.73 Å². The number of rotatable bonds is 0. The molecule has 4 N–H and O–H groups in total. The van der Waals surface area contributed by atoms with Gasteiger partial charge < -0.3 is 15.9 Å². The van der Waals surface area contributed by atoms with Gasteiger partial charge in [-0.1, -0.05) is 30.0 Å². The molecule has 0 saturated heterocycles. The normalized spacial score (nSPS) is 7.50. The zero-order valence-electron chi connectivity index (χ0n) is 7.47. The zero-order valence-corrected chi connectivity index (χ0v) is 7.47. The zero-order chi connectivity index (χ0) is 10.8. The van der Waals surface area contributed by atoms with Gasteiger partial charge in [0.2, 0.25) is 0 Å². The number of amides is 1. The topological polar surface area (TPSA) is 83.6 Å². The molecule has 4 heteroatoms. The average molecular weight is 193 g/mol. The van der Waals surface area contributed by atoms with Crippen LogP contribution in [0.2, 0.25) is 0 Å². The molecule has 0 saturated carbocycles. The van der Waals surface area contributed by atoms with Gasteiger partial charge in [-0.15, -0.1) is 0 Å². The van der Waals surface area contributed by atoms with Gasteiger partial charge in [-0.2, -0.15) is 0 Å². The lowest BCUT2D eigenvalue weighted by Crippen LogP contribution is -2.03. The van der Waals surface area contributed by atoms with E-state index in [1.54, 1.807) is 0 Å². The first-order valence-corrected chi connectivity index (χ1v) is 3.80. The summed E-state index contributed by atoms with van der Waals surface area (Å²) in [6.45, 7) is -0.0745. The predicted octanol–water partition coefficient (Wildman–Crippen LogP) is 0.654. The number of nitrogens with two attached hydrogens (primary N) is 1. The van der Waals surface area contributed by atoms with Crippen molar-refractivity contribution in [3.05, 3.63) is 35.9 Å².